The van der Waals surface area contributed by atoms with E-state index in [1.807, 2.05) is 18.7 Å². The molecule has 2 rings (SSSR count). The number of amides is 1. The van der Waals surface area contributed by atoms with Gasteiger partial charge in [-0.2, -0.15) is 4.98 Å². The highest BCUT2D eigenvalue weighted by Crippen LogP contribution is 2.35. The van der Waals surface area contributed by atoms with Gasteiger partial charge in [0.2, 0.25) is 5.28 Å². The first kappa shape index (κ1) is 13.0. The number of fused-ring (bicyclic) bond motifs is 1. The number of carbonyl (C=O) groups is 1. The Hall–Kier alpha value is -1.49. The average molecular weight is 268 g/mol. The zero-order chi connectivity index (χ0) is 13.4. The van der Waals surface area contributed by atoms with Gasteiger partial charge >= 0.3 is 0 Å². The molecule has 6 heteroatoms. The number of hydrogen-bond donors (Lipinski definition) is 0. The first-order chi connectivity index (χ1) is 8.47. The lowest BCUT2D eigenvalue weighted by Gasteiger charge is -2.41. The summed E-state index contributed by atoms with van der Waals surface area (Å²) in [6.45, 7) is 7.89. The smallest absolute Gasteiger partial charge is 0.254 e. The van der Waals surface area contributed by atoms with Crippen molar-refractivity contribution < 1.29 is 4.79 Å². The van der Waals surface area contributed by atoms with Crippen molar-refractivity contribution >= 4 is 29.0 Å². The predicted octanol–water partition coefficient (Wildman–Crippen LogP) is 1.91. The van der Waals surface area contributed by atoms with Gasteiger partial charge in [0.15, 0.2) is 11.9 Å². The fourth-order valence-corrected chi connectivity index (χ4v) is 2.38. The summed E-state index contributed by atoms with van der Waals surface area (Å²) < 4.78 is 0. The lowest BCUT2D eigenvalue weighted by atomic mass is 10.1. The van der Waals surface area contributed by atoms with Crippen LogP contribution in [0.4, 0.5) is 11.5 Å². The van der Waals surface area contributed by atoms with Crippen LogP contribution in [-0.4, -0.2) is 35.0 Å². The summed E-state index contributed by atoms with van der Waals surface area (Å²) >= 11 is 5.85. The zero-order valence-electron chi connectivity index (χ0n) is 10.7. The third kappa shape index (κ3) is 1.88. The molecule has 0 aromatic carbocycles. The van der Waals surface area contributed by atoms with Gasteiger partial charge in [-0.15, -0.1) is 0 Å². The minimum atomic E-state index is -0.298. The minimum Gasteiger partial charge on any atom is -0.336 e. The second kappa shape index (κ2) is 4.65. The fraction of sp³-hybridized carbons (Fsp3) is 0.500. The Labute approximate surface area is 112 Å². The summed E-state index contributed by atoms with van der Waals surface area (Å²) in [5.41, 5.74) is 0.683. The van der Waals surface area contributed by atoms with Gasteiger partial charge in [-0.05, 0) is 25.4 Å². The Bertz CT molecular complexity index is 477. The van der Waals surface area contributed by atoms with E-state index in [4.69, 9.17) is 11.6 Å². The third-order valence-electron chi connectivity index (χ3n) is 3.11. The molecule has 1 aromatic rings. The first-order valence-electron chi connectivity index (χ1n) is 5.85. The topological polar surface area (TPSA) is 49.3 Å². The molecule has 0 aliphatic carbocycles. The number of rotatable bonds is 2. The second-order valence-corrected chi connectivity index (χ2v) is 4.89. The van der Waals surface area contributed by atoms with E-state index < -0.39 is 0 Å². The van der Waals surface area contributed by atoms with Crippen LogP contribution < -0.4 is 9.80 Å². The molecule has 0 fully saturated rings. The Morgan fingerprint density at radius 2 is 2.22 bits per heavy atom. The first-order valence-corrected chi connectivity index (χ1v) is 6.22. The monoisotopic (exact) mass is 267 g/mol. The van der Waals surface area contributed by atoms with E-state index >= 15 is 0 Å². The molecule has 1 aliphatic rings. The Morgan fingerprint density at radius 3 is 2.78 bits per heavy atom. The molecule has 0 spiro atoms. The molecule has 2 heterocycles. The maximum Gasteiger partial charge on any atom is 0.254 e. The summed E-state index contributed by atoms with van der Waals surface area (Å²) in [5.74, 6) is 0.706. The number of likely N-dealkylation sites (N-methyl/N-ethyl adjacent to an activating group) is 1. The number of aromatic nitrogens is 2. The molecule has 0 bridgehead atoms. The van der Waals surface area contributed by atoms with E-state index in [1.165, 1.54) is 0 Å². The number of anilines is 2. The van der Waals surface area contributed by atoms with Crippen LogP contribution in [0.5, 0.6) is 0 Å². The maximum atomic E-state index is 12.3. The quantitative estimate of drug-likeness (QED) is 0.607. The fourth-order valence-electron chi connectivity index (χ4n) is 2.25. The summed E-state index contributed by atoms with van der Waals surface area (Å²) in [5, 5.41) is 0.185. The van der Waals surface area contributed by atoms with E-state index in [2.05, 4.69) is 16.9 Å². The Balaban J connectivity index is 2.60. The van der Waals surface area contributed by atoms with Crippen LogP contribution in [0.3, 0.4) is 0 Å². The van der Waals surface area contributed by atoms with Gasteiger partial charge in [-0.25, -0.2) is 4.98 Å². The highest BCUT2D eigenvalue weighted by Gasteiger charge is 2.39. The van der Waals surface area contributed by atoms with E-state index in [0.29, 0.717) is 17.9 Å². The molecule has 1 aliphatic heterocycles. The number of carbonyl (C=O) groups excluding carboxylic acids is 1. The van der Waals surface area contributed by atoms with Gasteiger partial charge in [0.25, 0.3) is 5.91 Å². The molecule has 1 atom stereocenters. The molecule has 1 aromatic heterocycles. The Morgan fingerprint density at radius 1 is 1.56 bits per heavy atom. The summed E-state index contributed by atoms with van der Waals surface area (Å²) in [4.78, 5) is 24.0. The minimum absolute atomic E-state index is 0.0112. The zero-order valence-corrected chi connectivity index (χ0v) is 11.5. The number of hydrogen-bond acceptors (Lipinski definition) is 4. The lowest BCUT2D eigenvalue weighted by Crippen LogP contribution is -2.54. The van der Waals surface area contributed by atoms with Crippen LogP contribution in [-0.2, 0) is 4.79 Å². The lowest BCUT2D eigenvalue weighted by molar-refractivity contribution is -0.120. The maximum absolute atomic E-state index is 12.3. The van der Waals surface area contributed by atoms with Gasteiger partial charge in [-0.3, -0.25) is 4.79 Å². The SMILES string of the molecule is [CH2+]C[C@@H]1C(=O)N(C)c2cnc(Cl)nc2N1C(C)C. The molecule has 5 nitrogen and oxygen atoms in total. The van der Waals surface area contributed by atoms with Gasteiger partial charge in [0.1, 0.15) is 12.1 Å². The molecular formula is C12H16ClN4O+. The van der Waals surface area contributed by atoms with Gasteiger partial charge in [0, 0.05) is 13.1 Å². The van der Waals surface area contributed by atoms with Crippen molar-refractivity contribution in [3.63, 3.8) is 0 Å². The molecular weight excluding hydrogens is 252 g/mol. The molecule has 18 heavy (non-hydrogen) atoms. The van der Waals surface area contributed by atoms with Crippen molar-refractivity contribution in [3.8, 4) is 0 Å². The number of nitrogens with zero attached hydrogens (tertiary/aromatic N) is 4. The van der Waals surface area contributed by atoms with Gasteiger partial charge in [-0.1, -0.05) is 0 Å². The molecule has 96 valence electrons. The second-order valence-electron chi connectivity index (χ2n) is 4.55. The van der Waals surface area contributed by atoms with Crippen molar-refractivity contribution in [2.45, 2.75) is 32.4 Å². The molecule has 0 saturated heterocycles. The third-order valence-corrected chi connectivity index (χ3v) is 3.29. The van der Waals surface area contributed by atoms with Crippen LogP contribution >= 0.6 is 11.6 Å². The summed E-state index contributed by atoms with van der Waals surface area (Å²) in [6.07, 6.45) is 2.07. The van der Waals surface area contributed by atoms with E-state index in [9.17, 15) is 4.79 Å². The summed E-state index contributed by atoms with van der Waals surface area (Å²) in [7, 11) is 1.72. The van der Waals surface area contributed by atoms with Crippen molar-refractivity contribution in [1.82, 2.24) is 9.97 Å². The van der Waals surface area contributed by atoms with Crippen molar-refractivity contribution in [3.05, 3.63) is 18.4 Å². The van der Waals surface area contributed by atoms with Crippen LogP contribution in [0.15, 0.2) is 6.20 Å². The predicted molar refractivity (Wildman–Crippen MR) is 71.8 cm³/mol. The Kier molecular flexibility index (Phi) is 3.34. The summed E-state index contributed by atoms with van der Waals surface area (Å²) in [6, 6.07) is -0.160. The molecule has 0 radical (unpaired) electrons. The standard InChI is InChI=1S/C12H16ClN4O/c1-5-8-11(18)16(4)9-6-14-12(13)15-10(9)17(8)7(2)3/h6-8H,1,5H2,2-4H3/q+1/t8-/m1/s1. The van der Waals surface area contributed by atoms with Crippen molar-refractivity contribution in [2.24, 2.45) is 0 Å². The van der Waals surface area contributed by atoms with Crippen molar-refractivity contribution in [2.75, 3.05) is 16.8 Å². The van der Waals surface area contributed by atoms with E-state index in [1.54, 1.807) is 18.1 Å². The van der Waals surface area contributed by atoms with Crippen LogP contribution in [0.1, 0.15) is 20.3 Å². The van der Waals surface area contributed by atoms with E-state index in [-0.39, 0.29) is 23.3 Å². The normalized spacial score (nSPS) is 19.4. The van der Waals surface area contributed by atoms with E-state index in [0.717, 1.165) is 0 Å². The van der Waals surface area contributed by atoms with Gasteiger partial charge in [0.05, 0.1) is 13.1 Å². The van der Waals surface area contributed by atoms with Crippen LogP contribution in [0.25, 0.3) is 0 Å². The van der Waals surface area contributed by atoms with Crippen molar-refractivity contribution in [1.29, 1.82) is 0 Å². The van der Waals surface area contributed by atoms with Gasteiger partial charge < -0.3 is 9.80 Å². The number of halogens is 1. The average Bonchev–Trinajstić information content (AvgIpc) is 2.32. The molecule has 0 saturated carbocycles. The van der Waals surface area contributed by atoms with Crippen LogP contribution in [0.2, 0.25) is 5.28 Å². The highest BCUT2D eigenvalue weighted by atomic mass is 35.5. The molecule has 0 N–H and O–H groups in total. The van der Waals surface area contributed by atoms with Crippen LogP contribution in [0, 0.1) is 6.92 Å². The molecule has 1 amide bonds. The highest BCUT2D eigenvalue weighted by molar-refractivity contribution is 6.28. The molecule has 0 unspecified atom stereocenters. The largest absolute Gasteiger partial charge is 0.336 e.